The summed E-state index contributed by atoms with van der Waals surface area (Å²) in [5.74, 6) is -0.252. The van der Waals surface area contributed by atoms with Gasteiger partial charge in [-0.1, -0.05) is 6.92 Å². The second kappa shape index (κ2) is 6.55. The zero-order valence-electron chi connectivity index (χ0n) is 6.26. The summed E-state index contributed by atoms with van der Waals surface area (Å²) in [6, 6.07) is 0. The van der Waals surface area contributed by atoms with Crippen molar-refractivity contribution in [2.75, 3.05) is 13.2 Å². The van der Waals surface area contributed by atoms with E-state index in [-0.39, 0.29) is 19.0 Å². The molecular formula is C7H13O3. The van der Waals surface area contributed by atoms with Crippen molar-refractivity contribution in [3.8, 4) is 0 Å². The second-order valence-corrected chi connectivity index (χ2v) is 2.03. The second-order valence-electron chi connectivity index (χ2n) is 2.03. The minimum atomic E-state index is -0.252. The van der Waals surface area contributed by atoms with E-state index in [0.717, 1.165) is 6.42 Å². The first-order valence-electron chi connectivity index (χ1n) is 3.55. The predicted octanol–water partition coefficient (Wildman–Crippen LogP) is 1.15. The van der Waals surface area contributed by atoms with Crippen LogP contribution in [0.4, 0.5) is 0 Å². The van der Waals surface area contributed by atoms with Crippen molar-refractivity contribution >= 4 is 5.97 Å². The molecule has 0 unspecified atom stereocenters. The van der Waals surface area contributed by atoms with E-state index < -0.39 is 0 Å². The molecule has 0 heterocycles. The van der Waals surface area contributed by atoms with Gasteiger partial charge >= 0.3 is 5.97 Å². The highest BCUT2D eigenvalue weighted by atomic mass is 16.5. The van der Waals surface area contributed by atoms with Gasteiger partial charge in [0, 0.05) is 6.42 Å². The van der Waals surface area contributed by atoms with Crippen LogP contribution >= 0.6 is 0 Å². The Morgan fingerprint density at radius 2 is 2.20 bits per heavy atom. The molecule has 0 saturated heterocycles. The lowest BCUT2D eigenvalue weighted by atomic mass is 10.3. The number of rotatable bonds is 5. The fourth-order valence-electron chi connectivity index (χ4n) is 0.505. The number of carbonyl (C=O) groups excluding carboxylic acids is 1. The molecule has 1 radical (unpaired) electrons. The monoisotopic (exact) mass is 145 g/mol. The molecule has 0 aromatic carbocycles. The first-order chi connectivity index (χ1) is 4.81. The third-order valence-corrected chi connectivity index (χ3v) is 0.992. The molecule has 0 spiro atoms. The lowest BCUT2D eigenvalue weighted by molar-refractivity contribution is -0.144. The lowest BCUT2D eigenvalue weighted by Gasteiger charge is -1.99. The number of hydrogen-bond acceptors (Lipinski definition) is 2. The van der Waals surface area contributed by atoms with Gasteiger partial charge < -0.3 is 4.74 Å². The van der Waals surface area contributed by atoms with Gasteiger partial charge in [0.15, 0.2) is 0 Å². The molecular weight excluding hydrogens is 132 g/mol. The van der Waals surface area contributed by atoms with Gasteiger partial charge in [-0.3, -0.25) is 4.79 Å². The number of esters is 1. The number of carbonyl (C=O) groups is 1. The van der Waals surface area contributed by atoms with Crippen molar-refractivity contribution in [1.82, 2.24) is 0 Å². The van der Waals surface area contributed by atoms with E-state index in [0.29, 0.717) is 13.0 Å². The maximum atomic E-state index is 10.6. The quantitative estimate of drug-likeness (QED) is 0.545. The fraction of sp³-hybridized carbons (Fsp3) is 0.857. The topological polar surface area (TPSA) is 46.2 Å². The smallest absolute Gasteiger partial charge is 0.305 e. The first-order valence-corrected chi connectivity index (χ1v) is 3.55. The van der Waals surface area contributed by atoms with Crippen molar-refractivity contribution in [2.24, 2.45) is 0 Å². The van der Waals surface area contributed by atoms with Crippen LogP contribution in [0.2, 0.25) is 0 Å². The van der Waals surface area contributed by atoms with Crippen molar-refractivity contribution in [1.29, 1.82) is 0 Å². The van der Waals surface area contributed by atoms with Crippen molar-refractivity contribution in [2.45, 2.75) is 26.2 Å². The van der Waals surface area contributed by atoms with Gasteiger partial charge in [-0.05, 0) is 12.8 Å². The molecule has 0 aliphatic carbocycles. The summed E-state index contributed by atoms with van der Waals surface area (Å²) >= 11 is 0. The Labute approximate surface area is 61.0 Å². The van der Waals surface area contributed by atoms with Crippen molar-refractivity contribution in [3.63, 3.8) is 0 Å². The molecule has 0 aromatic heterocycles. The van der Waals surface area contributed by atoms with Gasteiger partial charge in [0.2, 0.25) is 0 Å². The van der Waals surface area contributed by atoms with Crippen LogP contribution in [0.5, 0.6) is 0 Å². The van der Waals surface area contributed by atoms with Gasteiger partial charge in [0.1, 0.15) is 0 Å². The average Bonchev–Trinajstić information content (AvgIpc) is 1.97. The molecule has 0 aromatic rings. The Bertz CT molecular complexity index is 80.9. The highest BCUT2D eigenvalue weighted by Gasteiger charge is 1.99. The van der Waals surface area contributed by atoms with E-state index in [2.05, 4.69) is 0 Å². The maximum Gasteiger partial charge on any atom is 0.305 e. The highest BCUT2D eigenvalue weighted by molar-refractivity contribution is 5.69. The number of ether oxygens (including phenoxy) is 1. The van der Waals surface area contributed by atoms with E-state index >= 15 is 0 Å². The Kier molecular flexibility index (Phi) is 6.18. The Morgan fingerprint density at radius 1 is 1.50 bits per heavy atom. The zero-order valence-corrected chi connectivity index (χ0v) is 6.26. The predicted molar refractivity (Wildman–Crippen MR) is 36.0 cm³/mol. The molecule has 3 nitrogen and oxygen atoms in total. The molecule has 0 amide bonds. The van der Waals surface area contributed by atoms with E-state index in [9.17, 15) is 9.90 Å². The van der Waals surface area contributed by atoms with Gasteiger partial charge in [-0.15, -0.1) is 0 Å². The normalized spacial score (nSPS) is 9.40. The minimum absolute atomic E-state index is 0.193. The number of hydrogen-bond donors (Lipinski definition) is 0. The Hall–Kier alpha value is -0.570. The van der Waals surface area contributed by atoms with Crippen LogP contribution in [-0.4, -0.2) is 19.2 Å². The van der Waals surface area contributed by atoms with Crippen molar-refractivity contribution in [3.05, 3.63) is 0 Å². The van der Waals surface area contributed by atoms with Crippen molar-refractivity contribution < 1.29 is 14.6 Å². The van der Waals surface area contributed by atoms with E-state index in [1.165, 1.54) is 0 Å². The summed E-state index contributed by atoms with van der Waals surface area (Å²) in [6.45, 7) is 2.21. The summed E-state index contributed by atoms with van der Waals surface area (Å²) in [5, 5.41) is 9.90. The fourth-order valence-corrected chi connectivity index (χ4v) is 0.505. The molecule has 0 fully saturated rings. The lowest BCUT2D eigenvalue weighted by Crippen LogP contribution is -2.05. The van der Waals surface area contributed by atoms with Gasteiger partial charge in [0.05, 0.1) is 13.2 Å². The minimum Gasteiger partial charge on any atom is -0.466 e. The van der Waals surface area contributed by atoms with Crippen LogP contribution < -0.4 is 0 Å². The zero-order chi connectivity index (χ0) is 7.82. The van der Waals surface area contributed by atoms with Crippen LogP contribution in [0, 0.1) is 0 Å². The highest BCUT2D eigenvalue weighted by Crippen LogP contribution is 1.92. The van der Waals surface area contributed by atoms with Crippen LogP contribution in [-0.2, 0) is 14.6 Å². The van der Waals surface area contributed by atoms with Crippen LogP contribution in [0.1, 0.15) is 26.2 Å². The van der Waals surface area contributed by atoms with Gasteiger partial charge in [0.25, 0.3) is 0 Å². The van der Waals surface area contributed by atoms with E-state index in [1.807, 2.05) is 6.92 Å². The van der Waals surface area contributed by atoms with Gasteiger partial charge in [-0.25, -0.2) is 5.11 Å². The molecule has 0 saturated carbocycles. The summed E-state index contributed by atoms with van der Waals surface area (Å²) < 4.78 is 4.72. The molecule has 3 heteroatoms. The molecule has 0 aliphatic heterocycles. The summed E-state index contributed by atoms with van der Waals surface area (Å²) in [7, 11) is 0. The Morgan fingerprint density at radius 3 is 2.70 bits per heavy atom. The van der Waals surface area contributed by atoms with E-state index in [4.69, 9.17) is 4.74 Å². The van der Waals surface area contributed by atoms with E-state index in [1.54, 1.807) is 0 Å². The van der Waals surface area contributed by atoms with Gasteiger partial charge in [-0.2, -0.15) is 0 Å². The Balaban J connectivity index is 3.09. The third-order valence-electron chi connectivity index (χ3n) is 0.992. The third kappa shape index (κ3) is 5.56. The first kappa shape index (κ1) is 9.43. The maximum absolute atomic E-state index is 10.6. The van der Waals surface area contributed by atoms with Crippen LogP contribution in [0.25, 0.3) is 0 Å². The standard InChI is InChI=1S/C7H13O3/c1-2-6-10-7(9)4-3-5-8/h2-6H2,1H3. The molecule has 0 aliphatic rings. The summed E-state index contributed by atoms with van der Waals surface area (Å²) in [6.07, 6.45) is 1.50. The molecule has 0 rings (SSSR count). The average molecular weight is 145 g/mol. The summed E-state index contributed by atoms with van der Waals surface area (Å²) in [5.41, 5.74) is 0. The molecule has 0 bridgehead atoms. The largest absolute Gasteiger partial charge is 0.466 e. The molecule has 59 valence electrons. The summed E-state index contributed by atoms with van der Waals surface area (Å²) in [4.78, 5) is 10.6. The molecule has 10 heavy (non-hydrogen) atoms. The molecule has 0 N–H and O–H groups in total. The SMILES string of the molecule is CCCOC(=O)CCC[O]. The van der Waals surface area contributed by atoms with Crippen LogP contribution in [0.15, 0.2) is 0 Å². The molecule has 0 atom stereocenters. The van der Waals surface area contributed by atoms with Crippen LogP contribution in [0.3, 0.4) is 0 Å².